The molecule has 0 aromatic heterocycles. The van der Waals surface area contributed by atoms with Crippen molar-refractivity contribution in [1.82, 2.24) is 5.32 Å². The third kappa shape index (κ3) is 6.05. The molecule has 4 heteroatoms. The van der Waals surface area contributed by atoms with Crippen LogP contribution in [0.5, 0.6) is 0 Å². The molecule has 0 heterocycles. The van der Waals surface area contributed by atoms with Crippen LogP contribution < -0.4 is 5.32 Å². The van der Waals surface area contributed by atoms with E-state index in [0.717, 1.165) is 30.1 Å². The summed E-state index contributed by atoms with van der Waals surface area (Å²) in [5.74, 6) is 0.777. The highest BCUT2D eigenvalue weighted by Gasteiger charge is 2.06. The molecule has 1 aromatic rings. The molecule has 1 N–H and O–H groups in total. The van der Waals surface area contributed by atoms with Gasteiger partial charge >= 0.3 is 0 Å². The summed E-state index contributed by atoms with van der Waals surface area (Å²) in [6.45, 7) is 0.794. The molecule has 2 nitrogen and oxygen atoms in total. The molecule has 0 aliphatic heterocycles. The number of hydrogen-bond acceptors (Lipinski definition) is 3. The highest BCUT2D eigenvalue weighted by Crippen LogP contribution is 2.20. The molecular weight excluding hydrogens is 237 g/mol. The lowest BCUT2D eigenvalue weighted by molar-refractivity contribution is 0.190. The minimum Gasteiger partial charge on any atom is -0.385 e. The zero-order valence-corrected chi connectivity index (χ0v) is 11.2. The third-order valence-electron chi connectivity index (χ3n) is 2.56. The number of hydrogen-bond donors (Lipinski definition) is 1. The number of methoxy groups -OCH3 is 1. The molecule has 0 radical (unpaired) electrons. The average molecular weight is 257 g/mol. The van der Waals surface area contributed by atoms with Crippen LogP contribution in [0.1, 0.15) is 12.8 Å². The quantitative estimate of drug-likeness (QED) is 0.571. The molecule has 0 aliphatic carbocycles. The van der Waals surface area contributed by atoms with Crippen LogP contribution in [0.15, 0.2) is 29.2 Å². The Bertz CT molecular complexity index is 322. The first-order chi connectivity index (χ1) is 8.26. The van der Waals surface area contributed by atoms with E-state index < -0.39 is 0 Å². The lowest BCUT2D eigenvalue weighted by Crippen LogP contribution is -2.27. The van der Waals surface area contributed by atoms with Gasteiger partial charge in [0, 0.05) is 30.4 Å². The molecule has 0 bridgehead atoms. The van der Waals surface area contributed by atoms with Crippen molar-refractivity contribution in [3.63, 3.8) is 0 Å². The molecule has 0 amide bonds. The van der Waals surface area contributed by atoms with Gasteiger partial charge in [0.25, 0.3) is 0 Å². The second-order valence-electron chi connectivity index (χ2n) is 3.89. The first kappa shape index (κ1) is 14.5. The van der Waals surface area contributed by atoms with Crippen molar-refractivity contribution in [1.29, 1.82) is 0 Å². The van der Waals surface area contributed by atoms with Gasteiger partial charge in [-0.25, -0.2) is 4.39 Å². The van der Waals surface area contributed by atoms with E-state index in [-0.39, 0.29) is 5.82 Å². The Morgan fingerprint density at radius 1 is 1.47 bits per heavy atom. The second kappa shape index (κ2) is 8.50. The zero-order valence-electron chi connectivity index (χ0n) is 10.4. The monoisotopic (exact) mass is 257 g/mol. The topological polar surface area (TPSA) is 21.3 Å². The second-order valence-corrected chi connectivity index (χ2v) is 4.98. The molecule has 0 aliphatic rings. The molecular formula is C13H20FNOS. The van der Waals surface area contributed by atoms with Gasteiger partial charge in [0.05, 0.1) is 0 Å². The van der Waals surface area contributed by atoms with E-state index in [4.69, 9.17) is 4.74 Å². The predicted molar refractivity (Wildman–Crippen MR) is 71.1 cm³/mol. The summed E-state index contributed by atoms with van der Waals surface area (Å²) in [6.07, 6.45) is 2.12. The standard InChI is InChI=1S/C13H20FNOS/c1-15-12(6-4-8-16-2)10-17-13-7-3-5-11(14)9-13/h3,5,7,9,12,15H,4,6,8,10H2,1-2H3. The normalized spacial score (nSPS) is 12.6. The summed E-state index contributed by atoms with van der Waals surface area (Å²) < 4.78 is 18.0. The van der Waals surface area contributed by atoms with Crippen LogP contribution in [-0.4, -0.2) is 32.6 Å². The van der Waals surface area contributed by atoms with Gasteiger partial charge < -0.3 is 10.1 Å². The summed E-state index contributed by atoms with van der Waals surface area (Å²) in [5.41, 5.74) is 0. The maximum Gasteiger partial charge on any atom is 0.124 e. The highest BCUT2D eigenvalue weighted by molar-refractivity contribution is 7.99. The Morgan fingerprint density at radius 3 is 2.94 bits per heavy atom. The Hall–Kier alpha value is -0.580. The summed E-state index contributed by atoms with van der Waals surface area (Å²) in [6, 6.07) is 7.18. The highest BCUT2D eigenvalue weighted by atomic mass is 32.2. The van der Waals surface area contributed by atoms with Gasteiger partial charge in [-0.3, -0.25) is 0 Å². The van der Waals surface area contributed by atoms with Crippen LogP contribution in [0, 0.1) is 5.82 Å². The van der Waals surface area contributed by atoms with Crippen molar-refractivity contribution in [3.8, 4) is 0 Å². The largest absolute Gasteiger partial charge is 0.385 e. The number of thioether (sulfide) groups is 1. The van der Waals surface area contributed by atoms with Gasteiger partial charge in [-0.15, -0.1) is 11.8 Å². The number of benzene rings is 1. The SMILES string of the molecule is CNC(CCCOC)CSc1cccc(F)c1. The van der Waals surface area contributed by atoms with Crippen molar-refractivity contribution in [2.45, 2.75) is 23.8 Å². The van der Waals surface area contributed by atoms with Gasteiger partial charge in [0.1, 0.15) is 5.82 Å². The predicted octanol–water partition coefficient (Wildman–Crippen LogP) is 2.93. The fourth-order valence-electron chi connectivity index (χ4n) is 1.54. The van der Waals surface area contributed by atoms with Gasteiger partial charge in [-0.05, 0) is 38.1 Å². The van der Waals surface area contributed by atoms with Crippen molar-refractivity contribution in [3.05, 3.63) is 30.1 Å². The Kier molecular flexibility index (Phi) is 7.24. The van der Waals surface area contributed by atoms with Crippen LogP contribution in [0.3, 0.4) is 0 Å². The van der Waals surface area contributed by atoms with Crippen molar-refractivity contribution < 1.29 is 9.13 Å². The first-order valence-electron chi connectivity index (χ1n) is 5.81. The number of nitrogens with one attached hydrogen (secondary N) is 1. The molecule has 1 unspecified atom stereocenters. The van der Waals surface area contributed by atoms with E-state index in [1.54, 1.807) is 31.0 Å². The minimum absolute atomic E-state index is 0.171. The van der Waals surface area contributed by atoms with E-state index in [1.807, 2.05) is 13.1 Å². The van der Waals surface area contributed by atoms with Crippen LogP contribution in [-0.2, 0) is 4.74 Å². The van der Waals surface area contributed by atoms with Crippen LogP contribution in [0.4, 0.5) is 4.39 Å². The molecule has 1 rings (SSSR count). The van der Waals surface area contributed by atoms with E-state index >= 15 is 0 Å². The molecule has 1 aromatic carbocycles. The summed E-state index contributed by atoms with van der Waals surface area (Å²) >= 11 is 1.68. The number of ether oxygens (including phenoxy) is 1. The maximum absolute atomic E-state index is 13.0. The molecule has 0 fully saturated rings. The molecule has 17 heavy (non-hydrogen) atoms. The van der Waals surface area contributed by atoms with Crippen LogP contribution >= 0.6 is 11.8 Å². The fraction of sp³-hybridized carbons (Fsp3) is 0.538. The van der Waals surface area contributed by atoms with Gasteiger partial charge in [-0.1, -0.05) is 6.07 Å². The van der Waals surface area contributed by atoms with Crippen LogP contribution in [0.2, 0.25) is 0 Å². The van der Waals surface area contributed by atoms with Crippen LogP contribution in [0.25, 0.3) is 0 Å². The molecule has 1 atom stereocenters. The minimum atomic E-state index is -0.171. The van der Waals surface area contributed by atoms with E-state index in [1.165, 1.54) is 6.07 Å². The fourth-order valence-corrected chi connectivity index (χ4v) is 2.64. The van der Waals surface area contributed by atoms with Gasteiger partial charge in [0.15, 0.2) is 0 Å². The molecule has 0 spiro atoms. The molecule has 0 saturated carbocycles. The van der Waals surface area contributed by atoms with Crippen molar-refractivity contribution in [2.24, 2.45) is 0 Å². The lowest BCUT2D eigenvalue weighted by atomic mass is 10.2. The van der Waals surface area contributed by atoms with Gasteiger partial charge in [-0.2, -0.15) is 0 Å². The maximum atomic E-state index is 13.0. The molecule has 96 valence electrons. The number of rotatable bonds is 8. The average Bonchev–Trinajstić information content (AvgIpc) is 2.34. The Labute approximate surface area is 107 Å². The Morgan fingerprint density at radius 2 is 2.29 bits per heavy atom. The first-order valence-corrected chi connectivity index (χ1v) is 6.79. The summed E-state index contributed by atoms with van der Waals surface area (Å²) in [7, 11) is 3.68. The summed E-state index contributed by atoms with van der Waals surface area (Å²) in [5, 5.41) is 3.28. The van der Waals surface area contributed by atoms with E-state index in [2.05, 4.69) is 5.32 Å². The third-order valence-corrected chi connectivity index (χ3v) is 3.71. The van der Waals surface area contributed by atoms with Crippen molar-refractivity contribution in [2.75, 3.05) is 26.5 Å². The zero-order chi connectivity index (χ0) is 12.5. The van der Waals surface area contributed by atoms with Crippen molar-refractivity contribution >= 4 is 11.8 Å². The van der Waals surface area contributed by atoms with E-state index in [0.29, 0.717) is 6.04 Å². The number of halogens is 1. The lowest BCUT2D eigenvalue weighted by Gasteiger charge is -2.15. The van der Waals surface area contributed by atoms with E-state index in [9.17, 15) is 4.39 Å². The smallest absolute Gasteiger partial charge is 0.124 e. The Balaban J connectivity index is 2.31. The summed E-state index contributed by atoms with van der Waals surface area (Å²) in [4.78, 5) is 0.983. The van der Waals surface area contributed by atoms with Gasteiger partial charge in [0.2, 0.25) is 0 Å². The molecule has 0 saturated heterocycles.